The summed E-state index contributed by atoms with van der Waals surface area (Å²) in [6, 6.07) is 16.7. The molecule has 2 aromatic carbocycles. The average Bonchev–Trinajstić information content (AvgIpc) is 3.45. The van der Waals surface area contributed by atoms with Gasteiger partial charge in [-0.15, -0.1) is 0 Å². The fourth-order valence-electron chi connectivity index (χ4n) is 4.39. The summed E-state index contributed by atoms with van der Waals surface area (Å²) in [6.45, 7) is 1.98. The van der Waals surface area contributed by atoms with Crippen molar-refractivity contribution < 1.29 is 19.1 Å². The van der Waals surface area contributed by atoms with Crippen molar-refractivity contribution in [1.82, 2.24) is 4.90 Å². The van der Waals surface area contributed by atoms with Crippen LogP contribution in [-0.2, 0) is 6.42 Å². The lowest BCUT2D eigenvalue weighted by atomic mass is 10.1. The first-order chi connectivity index (χ1) is 14.7. The number of fused-ring (bicyclic) bond motifs is 1. The van der Waals surface area contributed by atoms with Crippen molar-refractivity contribution in [1.29, 1.82) is 0 Å². The number of carboxylic acid groups (broad SMARTS) is 1. The third-order valence-electron chi connectivity index (χ3n) is 6.02. The minimum Gasteiger partial charge on any atom is -0.490 e. The average molecular weight is 404 g/mol. The zero-order valence-corrected chi connectivity index (χ0v) is 16.7. The van der Waals surface area contributed by atoms with Gasteiger partial charge in [-0.05, 0) is 42.3 Å². The van der Waals surface area contributed by atoms with Gasteiger partial charge in [-0.25, -0.2) is 4.79 Å². The fraction of sp³-hybridized carbons (Fsp3) is 0.292. The molecule has 0 unspecified atom stereocenters. The van der Waals surface area contributed by atoms with Crippen LogP contribution in [0.1, 0.15) is 18.4 Å². The van der Waals surface area contributed by atoms with E-state index in [-0.39, 0.29) is 6.10 Å². The van der Waals surface area contributed by atoms with E-state index >= 15 is 0 Å². The van der Waals surface area contributed by atoms with Crippen molar-refractivity contribution in [2.45, 2.75) is 25.4 Å². The molecule has 6 nitrogen and oxygen atoms in total. The van der Waals surface area contributed by atoms with Gasteiger partial charge in [-0.2, -0.15) is 0 Å². The molecule has 0 radical (unpaired) electrons. The Morgan fingerprint density at radius 2 is 1.80 bits per heavy atom. The van der Waals surface area contributed by atoms with Crippen LogP contribution in [0, 0.1) is 0 Å². The van der Waals surface area contributed by atoms with Crippen LogP contribution in [0.5, 0.6) is 5.75 Å². The van der Waals surface area contributed by atoms with Crippen LogP contribution in [0.15, 0.2) is 65.5 Å². The van der Waals surface area contributed by atoms with Crippen LogP contribution in [0.4, 0.5) is 16.2 Å². The molecule has 3 heterocycles. The predicted molar refractivity (Wildman–Crippen MR) is 115 cm³/mol. The minimum atomic E-state index is -0.844. The van der Waals surface area contributed by atoms with E-state index < -0.39 is 6.09 Å². The Balaban J connectivity index is 1.32. The number of hydrogen-bond acceptors (Lipinski definition) is 4. The smallest absolute Gasteiger partial charge is 0.407 e. The molecule has 154 valence electrons. The van der Waals surface area contributed by atoms with Crippen molar-refractivity contribution in [3.8, 4) is 16.9 Å². The molecule has 0 atom stereocenters. The first kappa shape index (κ1) is 18.6. The summed E-state index contributed by atoms with van der Waals surface area (Å²) in [5.74, 6) is 0.929. The molecule has 1 fully saturated rings. The number of likely N-dealkylation sites (tertiary alicyclic amines) is 1. The number of carbonyl (C=O) groups is 1. The number of piperidine rings is 1. The largest absolute Gasteiger partial charge is 0.490 e. The van der Waals surface area contributed by atoms with Crippen LogP contribution in [0.3, 0.4) is 0 Å². The standard InChI is InChI=1S/C24H24N2O4/c27-24(28)25-12-8-20(9-13-25)30-23-3-1-2-22-21(23)10-14-26(22)19-6-4-17(5-7-19)18-11-15-29-16-18/h1-7,11,15-16,20H,8-10,12-14H2,(H,27,28). The first-order valence-electron chi connectivity index (χ1n) is 10.4. The SMILES string of the molecule is O=C(O)N1CCC(Oc2cccc3c2CCN3c2ccc(-c3ccoc3)cc2)CC1. The number of amides is 1. The van der Waals surface area contributed by atoms with Crippen molar-refractivity contribution >= 4 is 17.5 Å². The third-order valence-corrected chi connectivity index (χ3v) is 6.02. The molecular weight excluding hydrogens is 380 g/mol. The van der Waals surface area contributed by atoms with Crippen molar-refractivity contribution in [3.63, 3.8) is 0 Å². The monoisotopic (exact) mass is 404 g/mol. The summed E-state index contributed by atoms with van der Waals surface area (Å²) in [4.78, 5) is 14.9. The molecule has 0 aliphatic carbocycles. The van der Waals surface area contributed by atoms with E-state index in [0.717, 1.165) is 48.4 Å². The zero-order valence-electron chi connectivity index (χ0n) is 16.7. The highest BCUT2D eigenvalue weighted by Gasteiger charge is 2.27. The van der Waals surface area contributed by atoms with Crippen LogP contribution in [0.25, 0.3) is 11.1 Å². The van der Waals surface area contributed by atoms with Gasteiger partial charge in [0.25, 0.3) is 0 Å². The molecule has 2 aliphatic heterocycles. The molecule has 2 aliphatic rings. The van der Waals surface area contributed by atoms with E-state index in [9.17, 15) is 4.79 Å². The van der Waals surface area contributed by atoms with E-state index in [1.807, 2.05) is 18.2 Å². The maximum Gasteiger partial charge on any atom is 0.407 e. The Morgan fingerprint density at radius 1 is 1.00 bits per heavy atom. The van der Waals surface area contributed by atoms with Gasteiger partial charge in [0.2, 0.25) is 0 Å². The van der Waals surface area contributed by atoms with Crippen molar-refractivity contribution in [2.75, 3.05) is 24.5 Å². The Kier molecular flexibility index (Phi) is 4.83. The summed E-state index contributed by atoms with van der Waals surface area (Å²) in [6.07, 6.45) is 5.06. The van der Waals surface area contributed by atoms with Gasteiger partial charge in [0.05, 0.1) is 12.5 Å². The van der Waals surface area contributed by atoms with E-state index in [0.29, 0.717) is 13.1 Å². The predicted octanol–water partition coefficient (Wildman–Crippen LogP) is 5.16. The second kappa shape index (κ2) is 7.78. The number of nitrogens with zero attached hydrogens (tertiary/aromatic N) is 2. The van der Waals surface area contributed by atoms with Crippen LogP contribution in [0.2, 0.25) is 0 Å². The highest BCUT2D eigenvalue weighted by Crippen LogP contribution is 2.40. The summed E-state index contributed by atoms with van der Waals surface area (Å²) in [5.41, 5.74) is 5.79. The molecule has 1 aromatic heterocycles. The second-order valence-corrected chi connectivity index (χ2v) is 7.80. The maximum atomic E-state index is 11.1. The summed E-state index contributed by atoms with van der Waals surface area (Å²) in [5, 5.41) is 9.12. The zero-order chi connectivity index (χ0) is 20.5. The lowest BCUT2D eigenvalue weighted by Gasteiger charge is -2.30. The van der Waals surface area contributed by atoms with Gasteiger partial charge >= 0.3 is 6.09 Å². The van der Waals surface area contributed by atoms with Gasteiger partial charge in [0.1, 0.15) is 11.9 Å². The normalized spacial score (nSPS) is 16.5. The van der Waals surface area contributed by atoms with E-state index in [1.54, 1.807) is 12.5 Å². The second-order valence-electron chi connectivity index (χ2n) is 7.80. The van der Waals surface area contributed by atoms with Crippen molar-refractivity contribution in [2.24, 2.45) is 0 Å². The lowest BCUT2D eigenvalue weighted by Crippen LogP contribution is -2.41. The number of ether oxygens (including phenoxy) is 1. The van der Waals surface area contributed by atoms with Crippen LogP contribution < -0.4 is 9.64 Å². The molecule has 6 heteroatoms. The number of anilines is 2. The molecule has 1 saturated heterocycles. The van der Waals surface area contributed by atoms with E-state index in [2.05, 4.69) is 35.2 Å². The Hall–Kier alpha value is -3.41. The topological polar surface area (TPSA) is 66.2 Å². The molecule has 0 saturated carbocycles. The minimum absolute atomic E-state index is 0.0652. The van der Waals surface area contributed by atoms with Gasteiger partial charge in [-0.1, -0.05) is 18.2 Å². The number of hydrogen-bond donors (Lipinski definition) is 1. The molecule has 0 spiro atoms. The van der Waals surface area contributed by atoms with Crippen molar-refractivity contribution in [3.05, 3.63) is 66.6 Å². The number of benzene rings is 2. The van der Waals surface area contributed by atoms with Gasteiger partial charge in [-0.3, -0.25) is 0 Å². The first-order valence-corrected chi connectivity index (χ1v) is 10.4. The lowest BCUT2D eigenvalue weighted by molar-refractivity contribution is 0.0891. The fourth-order valence-corrected chi connectivity index (χ4v) is 4.39. The molecule has 1 amide bonds. The molecule has 3 aromatic rings. The Morgan fingerprint density at radius 3 is 2.50 bits per heavy atom. The highest BCUT2D eigenvalue weighted by molar-refractivity contribution is 5.74. The molecule has 30 heavy (non-hydrogen) atoms. The highest BCUT2D eigenvalue weighted by atomic mass is 16.5. The molecule has 5 rings (SSSR count). The van der Waals surface area contributed by atoms with Gasteiger partial charge in [0.15, 0.2) is 0 Å². The molecule has 0 bridgehead atoms. The number of furan rings is 1. The van der Waals surface area contributed by atoms with Crippen LogP contribution >= 0.6 is 0 Å². The Bertz CT molecular complexity index is 1020. The van der Waals surface area contributed by atoms with Gasteiger partial charge in [0, 0.05) is 55.0 Å². The van der Waals surface area contributed by atoms with Crippen LogP contribution in [-0.4, -0.2) is 41.8 Å². The van der Waals surface area contributed by atoms with E-state index in [4.69, 9.17) is 14.3 Å². The summed E-state index contributed by atoms with van der Waals surface area (Å²) in [7, 11) is 0. The molecular formula is C24H24N2O4. The number of rotatable bonds is 4. The summed E-state index contributed by atoms with van der Waals surface area (Å²) >= 11 is 0. The maximum absolute atomic E-state index is 11.1. The Labute approximate surface area is 175 Å². The molecule has 1 N–H and O–H groups in total. The summed E-state index contributed by atoms with van der Waals surface area (Å²) < 4.78 is 11.5. The quantitative estimate of drug-likeness (QED) is 0.650. The third kappa shape index (κ3) is 3.49. The van der Waals surface area contributed by atoms with Gasteiger partial charge < -0.3 is 24.1 Å². The van der Waals surface area contributed by atoms with E-state index in [1.165, 1.54) is 16.2 Å².